The molecule has 1 aliphatic rings. The van der Waals surface area contributed by atoms with E-state index in [9.17, 15) is 9.59 Å². The van der Waals surface area contributed by atoms with Crippen molar-refractivity contribution in [2.24, 2.45) is 5.92 Å². The number of carboxylic acid groups (broad SMARTS) is 1. The number of hydrogen-bond donors (Lipinski definition) is 2. The average molecular weight is 276 g/mol. The Hall–Kier alpha value is -1.91. The van der Waals surface area contributed by atoms with E-state index < -0.39 is 5.97 Å². The van der Waals surface area contributed by atoms with E-state index in [-0.39, 0.29) is 24.3 Å². The maximum absolute atomic E-state index is 12.0. The molecule has 1 aliphatic carbocycles. The van der Waals surface area contributed by atoms with E-state index >= 15 is 0 Å². The number of nitrogens with one attached hydrogen (secondary N) is 1. The van der Waals surface area contributed by atoms with Gasteiger partial charge in [-0.1, -0.05) is 6.07 Å². The predicted molar refractivity (Wildman–Crippen MR) is 74.2 cm³/mol. The average Bonchev–Trinajstić information content (AvgIpc) is 2.42. The van der Waals surface area contributed by atoms with Crippen LogP contribution in [0.15, 0.2) is 18.3 Å². The molecule has 1 aromatic heterocycles. The van der Waals surface area contributed by atoms with E-state index in [0.717, 1.165) is 24.1 Å². The Labute approximate surface area is 118 Å². The smallest absolute Gasteiger partial charge is 0.306 e. The van der Waals surface area contributed by atoms with Gasteiger partial charge >= 0.3 is 5.97 Å². The van der Waals surface area contributed by atoms with E-state index in [0.29, 0.717) is 12.8 Å². The van der Waals surface area contributed by atoms with Gasteiger partial charge in [0.2, 0.25) is 5.91 Å². The van der Waals surface area contributed by atoms with Crippen LogP contribution >= 0.6 is 0 Å². The lowest BCUT2D eigenvalue weighted by Crippen LogP contribution is -2.39. The van der Waals surface area contributed by atoms with Gasteiger partial charge in [0.1, 0.15) is 0 Å². The van der Waals surface area contributed by atoms with Gasteiger partial charge in [0, 0.05) is 12.2 Å². The largest absolute Gasteiger partial charge is 0.481 e. The molecule has 1 heterocycles. The van der Waals surface area contributed by atoms with Crippen LogP contribution in [0, 0.1) is 12.8 Å². The fraction of sp³-hybridized carbons (Fsp3) is 0.533. The summed E-state index contributed by atoms with van der Waals surface area (Å²) in [6.45, 7) is 1.94. The molecule has 0 aromatic carbocycles. The van der Waals surface area contributed by atoms with Crippen molar-refractivity contribution in [3.05, 3.63) is 29.6 Å². The molecule has 0 saturated heterocycles. The molecule has 2 rings (SSSR count). The highest BCUT2D eigenvalue weighted by atomic mass is 16.4. The number of carbonyl (C=O) groups excluding carboxylic acids is 1. The molecule has 1 amide bonds. The summed E-state index contributed by atoms with van der Waals surface area (Å²) >= 11 is 0. The number of pyridine rings is 1. The summed E-state index contributed by atoms with van der Waals surface area (Å²) in [6.07, 6.45) is 4.73. The molecule has 0 radical (unpaired) electrons. The second kappa shape index (κ2) is 6.50. The number of carbonyl (C=O) groups is 2. The van der Waals surface area contributed by atoms with E-state index in [4.69, 9.17) is 5.11 Å². The van der Waals surface area contributed by atoms with Crippen LogP contribution in [0.1, 0.15) is 36.9 Å². The number of amides is 1. The molecule has 1 aromatic rings. The third kappa shape index (κ3) is 3.79. The van der Waals surface area contributed by atoms with Crippen LogP contribution in [0.4, 0.5) is 0 Å². The van der Waals surface area contributed by atoms with Crippen LogP contribution in [0.2, 0.25) is 0 Å². The van der Waals surface area contributed by atoms with E-state index in [1.165, 1.54) is 0 Å². The number of nitrogens with zero attached hydrogens (tertiary/aromatic N) is 1. The van der Waals surface area contributed by atoms with Gasteiger partial charge in [-0.05, 0) is 44.2 Å². The molecule has 1 saturated carbocycles. The highest BCUT2D eigenvalue weighted by Crippen LogP contribution is 2.24. The van der Waals surface area contributed by atoms with Gasteiger partial charge in [0.15, 0.2) is 0 Å². The molecule has 0 spiro atoms. The predicted octanol–water partition coefficient (Wildman–Crippen LogP) is 1.69. The molecule has 5 nitrogen and oxygen atoms in total. The number of rotatable bonds is 4. The monoisotopic (exact) mass is 276 g/mol. The van der Waals surface area contributed by atoms with Crippen LogP contribution in [-0.2, 0) is 16.0 Å². The summed E-state index contributed by atoms with van der Waals surface area (Å²) in [5, 5.41) is 11.9. The molecule has 20 heavy (non-hydrogen) atoms. The number of aryl methyl sites for hydroxylation is 1. The first-order chi connectivity index (χ1) is 9.56. The van der Waals surface area contributed by atoms with Crippen molar-refractivity contribution in [1.82, 2.24) is 10.3 Å². The van der Waals surface area contributed by atoms with Crippen molar-refractivity contribution in [2.75, 3.05) is 0 Å². The minimum atomic E-state index is -0.723. The lowest BCUT2D eigenvalue weighted by atomic mass is 9.86. The molecule has 0 atom stereocenters. The highest BCUT2D eigenvalue weighted by Gasteiger charge is 2.26. The third-order valence-corrected chi connectivity index (χ3v) is 3.89. The van der Waals surface area contributed by atoms with Gasteiger partial charge in [-0.3, -0.25) is 14.6 Å². The quantitative estimate of drug-likeness (QED) is 0.877. The first-order valence-electron chi connectivity index (χ1n) is 6.99. The summed E-state index contributed by atoms with van der Waals surface area (Å²) < 4.78 is 0. The van der Waals surface area contributed by atoms with Crippen molar-refractivity contribution in [2.45, 2.75) is 45.1 Å². The third-order valence-electron chi connectivity index (χ3n) is 3.89. The van der Waals surface area contributed by atoms with Crippen molar-refractivity contribution in [3.63, 3.8) is 0 Å². The lowest BCUT2D eigenvalue weighted by Gasteiger charge is -2.26. The van der Waals surface area contributed by atoms with E-state index in [1.807, 2.05) is 19.1 Å². The number of carboxylic acids is 1. The van der Waals surface area contributed by atoms with Gasteiger partial charge in [-0.25, -0.2) is 0 Å². The second-order valence-corrected chi connectivity index (χ2v) is 5.40. The molecular formula is C15H20N2O3. The van der Waals surface area contributed by atoms with Gasteiger partial charge in [-0.2, -0.15) is 0 Å². The van der Waals surface area contributed by atoms with Gasteiger partial charge in [0.05, 0.1) is 18.0 Å². The maximum Gasteiger partial charge on any atom is 0.306 e. The highest BCUT2D eigenvalue weighted by molar-refractivity contribution is 5.78. The van der Waals surface area contributed by atoms with Crippen molar-refractivity contribution in [1.29, 1.82) is 0 Å². The second-order valence-electron chi connectivity index (χ2n) is 5.40. The van der Waals surface area contributed by atoms with Crippen LogP contribution in [0.25, 0.3) is 0 Å². The molecular weight excluding hydrogens is 256 g/mol. The minimum absolute atomic E-state index is 0.0365. The van der Waals surface area contributed by atoms with Crippen molar-refractivity contribution >= 4 is 11.9 Å². The van der Waals surface area contributed by atoms with Crippen LogP contribution in [-0.4, -0.2) is 28.0 Å². The van der Waals surface area contributed by atoms with Gasteiger partial charge < -0.3 is 10.4 Å². The summed E-state index contributed by atoms with van der Waals surface area (Å²) in [6, 6.07) is 3.89. The maximum atomic E-state index is 12.0. The van der Waals surface area contributed by atoms with Crippen LogP contribution < -0.4 is 5.32 Å². The summed E-state index contributed by atoms with van der Waals surface area (Å²) in [7, 11) is 0. The van der Waals surface area contributed by atoms with Crippen molar-refractivity contribution in [3.8, 4) is 0 Å². The van der Waals surface area contributed by atoms with E-state index in [1.54, 1.807) is 6.20 Å². The zero-order chi connectivity index (χ0) is 14.5. The number of aromatic nitrogens is 1. The summed E-state index contributed by atoms with van der Waals surface area (Å²) in [5.41, 5.74) is 1.81. The van der Waals surface area contributed by atoms with E-state index in [2.05, 4.69) is 10.3 Å². The molecule has 2 N–H and O–H groups in total. The Bertz CT molecular complexity index is 494. The fourth-order valence-electron chi connectivity index (χ4n) is 2.62. The Balaban J connectivity index is 1.81. The van der Waals surface area contributed by atoms with Gasteiger partial charge in [0.25, 0.3) is 0 Å². The zero-order valence-corrected chi connectivity index (χ0v) is 11.6. The first kappa shape index (κ1) is 14.5. The molecule has 0 unspecified atom stereocenters. The Morgan fingerprint density at radius 1 is 1.35 bits per heavy atom. The fourth-order valence-corrected chi connectivity index (χ4v) is 2.62. The minimum Gasteiger partial charge on any atom is -0.481 e. The number of aliphatic carboxylic acids is 1. The summed E-state index contributed by atoms with van der Waals surface area (Å²) in [4.78, 5) is 27.1. The molecule has 1 fully saturated rings. The van der Waals surface area contributed by atoms with Crippen LogP contribution in [0.3, 0.4) is 0 Å². The molecule has 0 bridgehead atoms. The Kier molecular flexibility index (Phi) is 4.71. The standard InChI is InChI=1S/C15H20N2O3/c1-10-3-2-8-16-13(10)9-14(18)17-12-6-4-11(5-7-12)15(19)20/h2-3,8,11-12H,4-7,9H2,1H3,(H,17,18)(H,19,20). The number of hydrogen-bond acceptors (Lipinski definition) is 3. The molecule has 0 aliphatic heterocycles. The zero-order valence-electron chi connectivity index (χ0n) is 11.6. The lowest BCUT2D eigenvalue weighted by molar-refractivity contribution is -0.142. The topological polar surface area (TPSA) is 79.3 Å². The molecule has 5 heteroatoms. The van der Waals surface area contributed by atoms with Gasteiger partial charge in [-0.15, -0.1) is 0 Å². The first-order valence-corrected chi connectivity index (χ1v) is 6.99. The Morgan fingerprint density at radius 3 is 2.65 bits per heavy atom. The normalized spacial score (nSPS) is 22.2. The Morgan fingerprint density at radius 2 is 2.05 bits per heavy atom. The summed E-state index contributed by atoms with van der Waals surface area (Å²) in [5.74, 6) is -1.01. The van der Waals surface area contributed by atoms with Crippen LogP contribution in [0.5, 0.6) is 0 Å². The molecule has 108 valence electrons. The van der Waals surface area contributed by atoms with Crippen molar-refractivity contribution < 1.29 is 14.7 Å². The SMILES string of the molecule is Cc1cccnc1CC(=O)NC1CCC(C(=O)O)CC1.